The number of hydrazine groups is 1. The Kier molecular flexibility index (Phi) is 8.54. The van der Waals surface area contributed by atoms with Crippen LogP contribution < -0.4 is 11.6 Å². The van der Waals surface area contributed by atoms with Crippen LogP contribution in [0, 0.1) is 5.82 Å². The van der Waals surface area contributed by atoms with Gasteiger partial charge in [0.05, 0.1) is 29.5 Å². The minimum Gasteiger partial charge on any atom is -0.480 e. The Morgan fingerprint density at radius 2 is 1.86 bits per heavy atom. The Morgan fingerprint density at radius 1 is 1.14 bits per heavy atom. The predicted molar refractivity (Wildman–Crippen MR) is 162 cm³/mol. The van der Waals surface area contributed by atoms with E-state index in [2.05, 4.69) is 5.10 Å². The molecule has 5 N–H and O–H groups in total. The molecule has 14 heteroatoms. The monoisotopic (exact) mass is 605 g/mol. The van der Waals surface area contributed by atoms with E-state index in [1.807, 2.05) is 23.1 Å². The topological polar surface area (TPSA) is 169 Å². The van der Waals surface area contributed by atoms with Gasteiger partial charge in [-0.25, -0.2) is 10.2 Å². The van der Waals surface area contributed by atoms with E-state index in [9.17, 15) is 14.4 Å². The van der Waals surface area contributed by atoms with E-state index in [0.717, 1.165) is 21.6 Å². The third-order valence-electron chi connectivity index (χ3n) is 8.04. The fourth-order valence-electron chi connectivity index (χ4n) is 5.80. The number of carboxylic acid groups (broad SMARTS) is 1. The summed E-state index contributed by atoms with van der Waals surface area (Å²) in [5, 5.41) is 20.5. The number of amides is 2. The largest absolute Gasteiger partial charge is 0.480 e. The van der Waals surface area contributed by atoms with Gasteiger partial charge in [-0.05, 0) is 36.6 Å². The first-order valence-electron chi connectivity index (χ1n) is 14.2. The van der Waals surface area contributed by atoms with Crippen molar-refractivity contribution in [3.05, 3.63) is 59.9 Å². The molecule has 13 nitrogen and oxygen atoms in total. The molecule has 0 unspecified atom stereocenters. The van der Waals surface area contributed by atoms with Crippen LogP contribution in [-0.2, 0) is 28.0 Å². The van der Waals surface area contributed by atoms with Gasteiger partial charge in [0, 0.05) is 68.3 Å². The van der Waals surface area contributed by atoms with Crippen molar-refractivity contribution in [2.24, 2.45) is 18.6 Å². The SMILES string of the molecule is CC(=O)N1CCC(c2nn(CC(=O)N(C)C/C(N)=C/N(N)CC(=O)O)c3cccc(-c4cc5c(cnn5C)cc4F)c23)CC1. The zero-order valence-corrected chi connectivity index (χ0v) is 24.9. The van der Waals surface area contributed by atoms with Crippen LogP contribution in [0.2, 0.25) is 0 Å². The number of aryl methyl sites for hydroxylation is 1. The van der Waals surface area contributed by atoms with Gasteiger partial charge in [0.1, 0.15) is 18.9 Å². The molecule has 0 saturated carbocycles. The standard InChI is InChI=1S/C30H36FN9O4/c1-18(41)38-9-7-19(8-10-38)30-29-22(23-12-26-20(11-24(23)31)13-34-37(26)3)5-4-6-25(29)40(35-30)16-27(42)36(2)14-21(32)15-39(33)17-28(43)44/h4-6,11-13,15,19H,7-10,14,16-17,32-33H2,1-3H3,(H,43,44)/b21-15-. The molecule has 3 heterocycles. The number of benzene rings is 2. The molecule has 1 aliphatic heterocycles. The molecule has 1 aliphatic rings. The Labute approximate surface area is 253 Å². The highest BCUT2D eigenvalue weighted by Gasteiger charge is 2.29. The average molecular weight is 606 g/mol. The molecule has 44 heavy (non-hydrogen) atoms. The Morgan fingerprint density at radius 3 is 2.55 bits per heavy atom. The van der Waals surface area contributed by atoms with E-state index >= 15 is 4.39 Å². The summed E-state index contributed by atoms with van der Waals surface area (Å²) in [5.41, 5.74) is 9.49. The number of rotatable bonds is 9. The maximum Gasteiger partial charge on any atom is 0.324 e. The number of carbonyl (C=O) groups excluding carboxylic acids is 2. The number of carbonyl (C=O) groups is 3. The number of aliphatic carboxylic acids is 1. The van der Waals surface area contributed by atoms with Crippen molar-refractivity contribution in [3.63, 3.8) is 0 Å². The number of carboxylic acids is 1. The molecule has 2 amide bonds. The zero-order valence-electron chi connectivity index (χ0n) is 24.9. The summed E-state index contributed by atoms with van der Waals surface area (Å²) >= 11 is 0. The summed E-state index contributed by atoms with van der Waals surface area (Å²) in [6, 6.07) is 8.79. The smallest absolute Gasteiger partial charge is 0.324 e. The summed E-state index contributed by atoms with van der Waals surface area (Å²) in [4.78, 5) is 39.4. The van der Waals surface area contributed by atoms with Crippen LogP contribution in [0.15, 0.2) is 48.4 Å². The average Bonchev–Trinajstić information content (AvgIpc) is 3.51. The summed E-state index contributed by atoms with van der Waals surface area (Å²) in [5.74, 6) is 3.86. The number of hydrogen-bond donors (Lipinski definition) is 3. The number of likely N-dealkylation sites (tertiary alicyclic amines) is 1. The van der Waals surface area contributed by atoms with Crippen molar-refractivity contribution in [1.82, 2.24) is 34.4 Å². The number of nitrogens with zero attached hydrogens (tertiary/aromatic N) is 7. The molecule has 5 rings (SSSR count). The van der Waals surface area contributed by atoms with Gasteiger partial charge in [0.15, 0.2) is 0 Å². The van der Waals surface area contributed by atoms with Gasteiger partial charge in [0.2, 0.25) is 11.8 Å². The normalized spacial score (nSPS) is 14.4. The Hall–Kier alpha value is -4.98. The third-order valence-corrected chi connectivity index (χ3v) is 8.04. The van der Waals surface area contributed by atoms with Crippen molar-refractivity contribution < 1.29 is 23.9 Å². The van der Waals surface area contributed by atoms with Crippen molar-refractivity contribution in [1.29, 1.82) is 0 Å². The Bertz CT molecular complexity index is 1770. The lowest BCUT2D eigenvalue weighted by Gasteiger charge is -2.30. The third kappa shape index (κ3) is 6.20. The van der Waals surface area contributed by atoms with Crippen molar-refractivity contribution >= 4 is 39.6 Å². The highest BCUT2D eigenvalue weighted by molar-refractivity contribution is 6.00. The van der Waals surface area contributed by atoms with Crippen molar-refractivity contribution in [3.8, 4) is 11.1 Å². The van der Waals surface area contributed by atoms with Gasteiger partial charge in [0.25, 0.3) is 0 Å². The van der Waals surface area contributed by atoms with Crippen LogP contribution in [0.25, 0.3) is 32.9 Å². The van der Waals surface area contributed by atoms with Gasteiger partial charge >= 0.3 is 5.97 Å². The van der Waals surface area contributed by atoms with E-state index in [4.69, 9.17) is 21.8 Å². The number of fused-ring (bicyclic) bond motifs is 2. The highest BCUT2D eigenvalue weighted by Crippen LogP contribution is 2.39. The molecular weight excluding hydrogens is 569 g/mol. The van der Waals surface area contributed by atoms with Crippen LogP contribution in [0.3, 0.4) is 0 Å². The number of likely N-dealkylation sites (N-methyl/N-ethyl adjacent to an activating group) is 1. The van der Waals surface area contributed by atoms with E-state index in [1.165, 1.54) is 17.2 Å². The number of hydrogen-bond acceptors (Lipinski definition) is 8. The fraction of sp³-hybridized carbons (Fsp3) is 0.367. The van der Waals surface area contributed by atoms with Crippen LogP contribution >= 0.6 is 0 Å². The number of halogens is 1. The van der Waals surface area contributed by atoms with E-state index in [1.54, 1.807) is 42.6 Å². The summed E-state index contributed by atoms with van der Waals surface area (Å²) in [6.45, 7) is 2.19. The minimum atomic E-state index is -1.12. The van der Waals surface area contributed by atoms with Crippen LogP contribution in [0.4, 0.5) is 4.39 Å². The Balaban J connectivity index is 1.52. The molecule has 1 fully saturated rings. The van der Waals surface area contributed by atoms with E-state index < -0.39 is 18.3 Å². The molecule has 2 aromatic carbocycles. The molecule has 4 aromatic rings. The van der Waals surface area contributed by atoms with Gasteiger partial charge in [-0.15, -0.1) is 0 Å². The first kappa shape index (κ1) is 30.5. The van der Waals surface area contributed by atoms with Crippen LogP contribution in [0.1, 0.15) is 31.4 Å². The number of piperidine rings is 1. The molecule has 0 spiro atoms. The maximum atomic E-state index is 15.6. The van der Waals surface area contributed by atoms with Gasteiger partial charge < -0.3 is 25.6 Å². The first-order chi connectivity index (χ1) is 20.9. The lowest BCUT2D eigenvalue weighted by atomic mass is 9.89. The fourth-order valence-corrected chi connectivity index (χ4v) is 5.80. The van der Waals surface area contributed by atoms with Gasteiger partial charge in [-0.1, -0.05) is 12.1 Å². The molecule has 1 saturated heterocycles. The van der Waals surface area contributed by atoms with Crippen LogP contribution in [-0.4, -0.2) is 90.5 Å². The highest BCUT2D eigenvalue weighted by atomic mass is 19.1. The second-order valence-electron chi connectivity index (χ2n) is 11.2. The second kappa shape index (κ2) is 12.3. The molecule has 0 radical (unpaired) electrons. The molecule has 232 valence electrons. The predicted octanol–water partition coefficient (Wildman–Crippen LogP) is 1.97. The summed E-state index contributed by atoms with van der Waals surface area (Å²) in [7, 11) is 3.38. The maximum absolute atomic E-state index is 15.6. The van der Waals surface area contributed by atoms with Crippen LogP contribution in [0.5, 0.6) is 0 Å². The quantitative estimate of drug-likeness (QED) is 0.191. The van der Waals surface area contributed by atoms with Crippen molar-refractivity contribution in [2.45, 2.75) is 32.2 Å². The number of nitrogens with two attached hydrogens (primary N) is 2. The first-order valence-corrected chi connectivity index (χ1v) is 14.2. The molecule has 0 bridgehead atoms. The minimum absolute atomic E-state index is 0.00447. The summed E-state index contributed by atoms with van der Waals surface area (Å²) in [6.07, 6.45) is 4.26. The number of aromatic nitrogens is 4. The van der Waals surface area contributed by atoms with Gasteiger partial charge in [-0.3, -0.25) is 23.7 Å². The second-order valence-corrected chi connectivity index (χ2v) is 11.2. The summed E-state index contributed by atoms with van der Waals surface area (Å²) < 4.78 is 19.0. The molecule has 0 atom stereocenters. The molecule has 2 aromatic heterocycles. The van der Waals surface area contributed by atoms with E-state index in [0.29, 0.717) is 48.0 Å². The van der Waals surface area contributed by atoms with Crippen molar-refractivity contribution in [2.75, 3.05) is 33.2 Å². The molecular formula is C30H36FN9O4. The van der Waals surface area contributed by atoms with E-state index in [-0.39, 0.29) is 36.5 Å². The zero-order chi connectivity index (χ0) is 31.7. The lowest BCUT2D eigenvalue weighted by Crippen LogP contribution is -2.37. The lowest BCUT2D eigenvalue weighted by molar-refractivity contribution is -0.137. The van der Waals surface area contributed by atoms with Gasteiger partial charge in [-0.2, -0.15) is 10.2 Å². The molecule has 0 aliphatic carbocycles.